The number of halogens is 2. The Morgan fingerprint density at radius 1 is 1.03 bits per heavy atom. The van der Waals surface area contributed by atoms with Crippen molar-refractivity contribution in [2.45, 2.75) is 52.2 Å². The highest BCUT2D eigenvalue weighted by Crippen LogP contribution is 2.38. The lowest BCUT2D eigenvalue weighted by atomic mass is 9.87. The second-order valence-electron chi connectivity index (χ2n) is 9.76. The zero-order chi connectivity index (χ0) is 26.5. The van der Waals surface area contributed by atoms with E-state index in [2.05, 4.69) is 5.32 Å². The summed E-state index contributed by atoms with van der Waals surface area (Å²) in [5, 5.41) is 2.76. The van der Waals surface area contributed by atoms with Crippen molar-refractivity contribution in [3.63, 3.8) is 0 Å². The number of carbonyl (C=O) groups is 2. The van der Waals surface area contributed by atoms with Crippen LogP contribution >= 0.6 is 0 Å². The van der Waals surface area contributed by atoms with Crippen molar-refractivity contribution in [1.29, 1.82) is 0 Å². The Kier molecular flexibility index (Phi) is 8.21. The van der Waals surface area contributed by atoms with Crippen LogP contribution in [0.5, 0.6) is 5.75 Å². The van der Waals surface area contributed by atoms with Crippen LogP contribution in [0.15, 0.2) is 66.7 Å². The highest BCUT2D eigenvalue weighted by Gasteiger charge is 2.33. The fraction of sp³-hybridized carbons (Fsp3) is 0.333. The molecule has 1 aliphatic rings. The molecule has 2 amide bonds. The zero-order valence-corrected chi connectivity index (χ0v) is 21.3. The lowest BCUT2D eigenvalue weighted by molar-refractivity contribution is -0.134. The van der Waals surface area contributed by atoms with Crippen molar-refractivity contribution in [2.75, 3.05) is 11.9 Å². The van der Waals surface area contributed by atoms with Gasteiger partial charge in [-0.1, -0.05) is 39.0 Å². The highest BCUT2D eigenvalue weighted by atomic mass is 19.1. The van der Waals surface area contributed by atoms with Gasteiger partial charge in [0.1, 0.15) is 17.4 Å². The number of hydrogen-bond acceptors (Lipinski definition) is 3. The fourth-order valence-corrected chi connectivity index (χ4v) is 4.68. The van der Waals surface area contributed by atoms with Crippen molar-refractivity contribution in [2.24, 2.45) is 5.92 Å². The maximum Gasteiger partial charge on any atom is 0.265 e. The third kappa shape index (κ3) is 6.34. The Bertz CT molecular complexity index is 1260. The normalized spacial score (nSPS) is 15.7. The predicted molar refractivity (Wildman–Crippen MR) is 139 cm³/mol. The Morgan fingerprint density at radius 3 is 2.46 bits per heavy atom. The monoisotopic (exact) mass is 506 g/mol. The number of ether oxygens (including phenoxy) is 1. The van der Waals surface area contributed by atoms with Crippen LogP contribution in [-0.2, 0) is 16.0 Å². The molecule has 5 nitrogen and oxygen atoms in total. The molecule has 7 heteroatoms. The van der Waals surface area contributed by atoms with Gasteiger partial charge in [-0.15, -0.1) is 0 Å². The number of anilines is 1. The molecule has 2 atom stereocenters. The van der Waals surface area contributed by atoms with Gasteiger partial charge in [0.25, 0.3) is 5.91 Å². The van der Waals surface area contributed by atoms with Gasteiger partial charge in [0.2, 0.25) is 5.91 Å². The first-order valence-corrected chi connectivity index (χ1v) is 12.7. The summed E-state index contributed by atoms with van der Waals surface area (Å²) < 4.78 is 33.5. The molecule has 37 heavy (non-hydrogen) atoms. The van der Waals surface area contributed by atoms with Crippen LogP contribution in [0.2, 0.25) is 0 Å². The van der Waals surface area contributed by atoms with Crippen LogP contribution in [0.1, 0.15) is 56.3 Å². The summed E-state index contributed by atoms with van der Waals surface area (Å²) in [5.74, 6) is -0.393. The highest BCUT2D eigenvalue weighted by molar-refractivity contribution is 5.94. The maximum atomic E-state index is 14.2. The number of nitrogens with zero attached hydrogens (tertiary/aromatic N) is 1. The van der Waals surface area contributed by atoms with Crippen molar-refractivity contribution >= 4 is 17.5 Å². The summed E-state index contributed by atoms with van der Waals surface area (Å²) >= 11 is 0. The molecule has 1 N–H and O–H groups in total. The van der Waals surface area contributed by atoms with Crippen LogP contribution < -0.4 is 10.1 Å². The summed E-state index contributed by atoms with van der Waals surface area (Å²) in [6, 6.07) is 17.0. The molecule has 0 saturated heterocycles. The Morgan fingerprint density at radius 2 is 1.78 bits per heavy atom. The molecule has 1 aliphatic heterocycles. The lowest BCUT2D eigenvalue weighted by Crippen LogP contribution is -2.41. The number of rotatable bonds is 8. The first kappa shape index (κ1) is 26.3. The molecular weight excluding hydrogens is 474 g/mol. The summed E-state index contributed by atoms with van der Waals surface area (Å²) in [6.45, 7) is 6.38. The first-order valence-electron chi connectivity index (χ1n) is 12.7. The maximum absolute atomic E-state index is 14.2. The van der Waals surface area contributed by atoms with Gasteiger partial charge >= 0.3 is 0 Å². The topological polar surface area (TPSA) is 58.6 Å². The number of amides is 2. The van der Waals surface area contributed by atoms with Gasteiger partial charge in [-0.3, -0.25) is 9.59 Å². The molecule has 2 unspecified atom stereocenters. The molecule has 0 fully saturated rings. The van der Waals surface area contributed by atoms with Gasteiger partial charge in [-0.25, -0.2) is 8.78 Å². The molecule has 3 aromatic rings. The third-order valence-electron chi connectivity index (χ3n) is 6.47. The molecule has 0 aliphatic carbocycles. The van der Waals surface area contributed by atoms with Crippen molar-refractivity contribution in [3.05, 3.63) is 95.1 Å². The van der Waals surface area contributed by atoms with Gasteiger partial charge in [-0.2, -0.15) is 0 Å². The van der Waals surface area contributed by atoms with E-state index in [1.54, 1.807) is 6.07 Å². The van der Waals surface area contributed by atoms with Crippen LogP contribution in [-0.4, -0.2) is 29.4 Å². The lowest BCUT2D eigenvalue weighted by Gasteiger charge is -2.38. The molecule has 0 radical (unpaired) electrons. The number of hydrogen-bond donors (Lipinski definition) is 1. The van der Waals surface area contributed by atoms with Crippen LogP contribution in [0.3, 0.4) is 0 Å². The van der Waals surface area contributed by atoms with E-state index in [9.17, 15) is 18.4 Å². The van der Waals surface area contributed by atoms with Gasteiger partial charge in [0.05, 0.1) is 6.04 Å². The minimum Gasteiger partial charge on any atom is -0.481 e. The smallest absolute Gasteiger partial charge is 0.265 e. The van der Waals surface area contributed by atoms with E-state index in [4.69, 9.17) is 4.74 Å². The van der Waals surface area contributed by atoms with E-state index in [-0.39, 0.29) is 29.4 Å². The predicted octanol–water partition coefficient (Wildman–Crippen LogP) is 6.28. The van der Waals surface area contributed by atoms with Gasteiger partial charge in [0, 0.05) is 18.7 Å². The summed E-state index contributed by atoms with van der Waals surface area (Å²) in [4.78, 5) is 27.9. The molecule has 3 aromatic carbocycles. The van der Waals surface area contributed by atoms with Crippen molar-refractivity contribution in [1.82, 2.24) is 4.90 Å². The Labute approximate surface area is 216 Å². The molecule has 0 saturated carbocycles. The minimum absolute atomic E-state index is 0.0198. The first-order chi connectivity index (χ1) is 17.7. The van der Waals surface area contributed by atoms with E-state index in [1.807, 2.05) is 49.9 Å². The fourth-order valence-electron chi connectivity index (χ4n) is 4.68. The molecule has 1 heterocycles. The summed E-state index contributed by atoms with van der Waals surface area (Å²) in [6.07, 6.45) is 0.709. The molecule has 0 bridgehead atoms. The van der Waals surface area contributed by atoms with E-state index < -0.39 is 12.1 Å². The summed E-state index contributed by atoms with van der Waals surface area (Å²) in [7, 11) is 0. The van der Waals surface area contributed by atoms with E-state index in [1.165, 1.54) is 36.4 Å². The van der Waals surface area contributed by atoms with E-state index in [0.717, 1.165) is 11.1 Å². The average Bonchev–Trinajstić information content (AvgIpc) is 2.87. The minimum atomic E-state index is -0.780. The van der Waals surface area contributed by atoms with Crippen LogP contribution in [0.4, 0.5) is 14.5 Å². The van der Waals surface area contributed by atoms with Crippen molar-refractivity contribution in [3.8, 4) is 5.75 Å². The second-order valence-corrected chi connectivity index (χ2v) is 9.76. The SMILES string of the molecule is CCC(Oc1ccc2c(c1)C(c1cccc(F)c1)N(C(=O)CC(C)C)CC2)C(=O)Nc1ccc(F)cc1. The second kappa shape index (κ2) is 11.5. The van der Waals surface area contributed by atoms with Crippen molar-refractivity contribution < 1.29 is 23.1 Å². The molecule has 4 rings (SSSR count). The zero-order valence-electron chi connectivity index (χ0n) is 21.3. The average molecular weight is 507 g/mol. The Balaban J connectivity index is 1.63. The number of carbonyl (C=O) groups excluding carboxylic acids is 2. The molecule has 0 spiro atoms. The van der Waals surface area contributed by atoms with Gasteiger partial charge in [0.15, 0.2) is 6.10 Å². The summed E-state index contributed by atoms with van der Waals surface area (Å²) in [5.41, 5.74) is 3.08. The van der Waals surface area contributed by atoms with Gasteiger partial charge < -0.3 is 15.0 Å². The third-order valence-corrected chi connectivity index (χ3v) is 6.47. The quantitative estimate of drug-likeness (QED) is 0.391. The largest absolute Gasteiger partial charge is 0.481 e. The van der Waals surface area contributed by atoms with E-state index in [0.29, 0.717) is 42.8 Å². The number of benzene rings is 3. The number of fused-ring (bicyclic) bond motifs is 1. The molecule has 194 valence electrons. The van der Waals surface area contributed by atoms with Crippen LogP contribution in [0, 0.1) is 17.6 Å². The standard InChI is InChI=1S/C30H32F2N2O3/c1-4-27(30(36)33-24-11-9-22(31)10-12-24)37-25-13-8-20-14-15-34(28(35)16-19(2)3)29(26(20)18-25)21-6-5-7-23(32)17-21/h5-13,17-19,27,29H,4,14-16H2,1-3H3,(H,33,36). The van der Waals surface area contributed by atoms with Crippen LogP contribution in [0.25, 0.3) is 0 Å². The number of nitrogens with one attached hydrogen (secondary N) is 1. The Hall–Kier alpha value is -3.74. The molecule has 0 aromatic heterocycles. The molecular formula is C30H32F2N2O3. The van der Waals surface area contributed by atoms with E-state index >= 15 is 0 Å². The van der Waals surface area contributed by atoms with Gasteiger partial charge in [-0.05, 0) is 84.0 Å².